The molecule has 0 spiro atoms. The van der Waals surface area contributed by atoms with E-state index in [1.165, 1.54) is 0 Å². The van der Waals surface area contributed by atoms with E-state index in [2.05, 4.69) is 10.1 Å². The number of ether oxygens (including phenoxy) is 1. The predicted octanol–water partition coefficient (Wildman–Crippen LogP) is 2.68. The number of alkyl halides is 4. The zero-order chi connectivity index (χ0) is 12.6. The van der Waals surface area contributed by atoms with Crippen molar-refractivity contribution in [3.05, 3.63) is 0 Å². The molecule has 0 aromatic heterocycles. The Balaban J connectivity index is 3.60. The third-order valence-corrected chi connectivity index (χ3v) is 2.03. The van der Waals surface area contributed by atoms with Crippen LogP contribution in [-0.2, 0) is 4.74 Å². The van der Waals surface area contributed by atoms with Crippen LogP contribution in [0.15, 0.2) is 0 Å². The monoisotopic (exact) mass is 245 g/mol. The number of hydrogen-bond acceptors (Lipinski definition) is 2. The van der Waals surface area contributed by atoms with Crippen LogP contribution < -0.4 is 5.32 Å². The van der Waals surface area contributed by atoms with Crippen molar-refractivity contribution in [3.63, 3.8) is 0 Å². The topological polar surface area (TPSA) is 21.3 Å². The molecule has 0 fully saturated rings. The van der Waals surface area contributed by atoms with Crippen LogP contribution in [0.2, 0.25) is 0 Å². The molecule has 6 heteroatoms. The van der Waals surface area contributed by atoms with Gasteiger partial charge in [-0.2, -0.15) is 8.78 Å². The molecule has 1 atom stereocenters. The van der Waals surface area contributed by atoms with Gasteiger partial charge in [0.25, 0.3) is 0 Å². The highest BCUT2D eigenvalue weighted by Gasteiger charge is 2.41. The summed E-state index contributed by atoms with van der Waals surface area (Å²) in [4.78, 5) is 0. The Morgan fingerprint density at radius 2 is 1.88 bits per heavy atom. The molecule has 0 bridgehead atoms. The van der Waals surface area contributed by atoms with Gasteiger partial charge in [-0.1, -0.05) is 6.92 Å². The molecule has 0 aliphatic heterocycles. The second-order valence-electron chi connectivity index (χ2n) is 3.72. The summed E-state index contributed by atoms with van der Waals surface area (Å²) in [5.74, 6) is -4.05. The summed E-state index contributed by atoms with van der Waals surface area (Å²) in [6.07, 6.45) is -2.61. The number of nitrogens with one attached hydrogen (secondary N) is 1. The van der Waals surface area contributed by atoms with E-state index in [9.17, 15) is 17.6 Å². The van der Waals surface area contributed by atoms with Gasteiger partial charge in [-0.15, -0.1) is 0 Å². The number of hydrogen-bond donors (Lipinski definition) is 1. The van der Waals surface area contributed by atoms with Crippen LogP contribution in [0.3, 0.4) is 0 Å². The van der Waals surface area contributed by atoms with Crippen molar-refractivity contribution >= 4 is 0 Å². The predicted molar refractivity (Wildman–Crippen MR) is 54.1 cm³/mol. The van der Waals surface area contributed by atoms with Crippen LogP contribution >= 0.6 is 0 Å². The quantitative estimate of drug-likeness (QED) is 0.498. The van der Waals surface area contributed by atoms with E-state index >= 15 is 0 Å². The van der Waals surface area contributed by atoms with Crippen LogP contribution in [0.25, 0.3) is 0 Å². The first-order valence-electron chi connectivity index (χ1n) is 5.38. The van der Waals surface area contributed by atoms with Gasteiger partial charge in [-0.3, -0.25) is 0 Å². The average molecular weight is 245 g/mol. The average Bonchev–Trinajstić information content (AvgIpc) is 2.21. The smallest absolute Gasteiger partial charge is 0.330 e. The SMILES string of the molecule is CCCNCCC(C)OCC(F)(F)C(F)F. The van der Waals surface area contributed by atoms with Crippen LogP contribution in [0.5, 0.6) is 0 Å². The van der Waals surface area contributed by atoms with E-state index in [4.69, 9.17) is 0 Å². The van der Waals surface area contributed by atoms with Crippen molar-refractivity contribution < 1.29 is 22.3 Å². The Morgan fingerprint density at radius 3 is 2.38 bits per heavy atom. The minimum absolute atomic E-state index is 0.450. The van der Waals surface area contributed by atoms with E-state index < -0.39 is 25.1 Å². The maximum atomic E-state index is 12.5. The summed E-state index contributed by atoms with van der Waals surface area (Å²) in [6.45, 7) is 3.86. The fourth-order valence-corrected chi connectivity index (χ4v) is 1.01. The molecular weight excluding hydrogens is 226 g/mol. The van der Waals surface area contributed by atoms with Gasteiger partial charge in [0, 0.05) is 0 Å². The molecule has 1 N–H and O–H groups in total. The van der Waals surface area contributed by atoms with Gasteiger partial charge in [0.1, 0.15) is 6.61 Å². The van der Waals surface area contributed by atoms with Crippen LogP contribution in [0.1, 0.15) is 26.7 Å². The first kappa shape index (κ1) is 15.6. The molecule has 0 aliphatic carbocycles. The van der Waals surface area contributed by atoms with E-state index in [1.807, 2.05) is 6.92 Å². The molecule has 98 valence electrons. The summed E-state index contributed by atoms with van der Waals surface area (Å²) >= 11 is 0. The summed E-state index contributed by atoms with van der Waals surface area (Å²) in [6, 6.07) is 0. The number of halogens is 4. The van der Waals surface area contributed by atoms with Gasteiger partial charge < -0.3 is 10.1 Å². The van der Waals surface area contributed by atoms with E-state index in [1.54, 1.807) is 6.92 Å². The normalized spacial score (nSPS) is 14.4. The molecular formula is C10H19F4NO. The Hall–Kier alpha value is -0.360. The molecule has 0 aromatic carbocycles. The maximum Gasteiger partial charge on any atom is 0.330 e. The van der Waals surface area contributed by atoms with Crippen molar-refractivity contribution in [3.8, 4) is 0 Å². The van der Waals surface area contributed by atoms with Crippen molar-refractivity contribution in [1.82, 2.24) is 5.32 Å². The lowest BCUT2D eigenvalue weighted by atomic mass is 10.2. The van der Waals surface area contributed by atoms with Crippen molar-refractivity contribution in [2.45, 2.75) is 45.1 Å². The van der Waals surface area contributed by atoms with Crippen molar-refractivity contribution in [2.75, 3.05) is 19.7 Å². The second kappa shape index (κ2) is 7.84. The molecule has 2 nitrogen and oxygen atoms in total. The molecule has 0 saturated heterocycles. The summed E-state index contributed by atoms with van der Waals surface area (Å²) < 4.78 is 53.1. The van der Waals surface area contributed by atoms with E-state index in [0.29, 0.717) is 13.0 Å². The van der Waals surface area contributed by atoms with Gasteiger partial charge in [-0.05, 0) is 32.9 Å². The van der Waals surface area contributed by atoms with E-state index in [-0.39, 0.29) is 0 Å². The number of rotatable bonds is 9. The third-order valence-electron chi connectivity index (χ3n) is 2.03. The third kappa shape index (κ3) is 7.00. The Kier molecular flexibility index (Phi) is 7.66. The van der Waals surface area contributed by atoms with Crippen LogP contribution in [0, 0.1) is 0 Å². The fraction of sp³-hybridized carbons (Fsp3) is 1.00. The zero-order valence-corrected chi connectivity index (χ0v) is 9.61. The first-order valence-corrected chi connectivity index (χ1v) is 5.38. The molecule has 1 unspecified atom stereocenters. The van der Waals surface area contributed by atoms with Crippen molar-refractivity contribution in [2.24, 2.45) is 0 Å². The summed E-state index contributed by atoms with van der Waals surface area (Å²) in [7, 11) is 0. The van der Waals surface area contributed by atoms with Crippen molar-refractivity contribution in [1.29, 1.82) is 0 Å². The summed E-state index contributed by atoms with van der Waals surface area (Å²) in [5, 5.41) is 3.07. The van der Waals surface area contributed by atoms with Gasteiger partial charge in [0.05, 0.1) is 6.10 Å². The Bertz CT molecular complexity index is 178. The van der Waals surface area contributed by atoms with Gasteiger partial charge in [0.2, 0.25) is 0 Å². The molecule has 0 aliphatic rings. The summed E-state index contributed by atoms with van der Waals surface area (Å²) in [5.41, 5.74) is 0. The lowest BCUT2D eigenvalue weighted by Crippen LogP contribution is -2.34. The maximum absolute atomic E-state index is 12.5. The van der Waals surface area contributed by atoms with Crippen LogP contribution in [-0.4, -0.2) is 38.1 Å². The Morgan fingerprint density at radius 1 is 1.25 bits per heavy atom. The molecule has 0 aromatic rings. The standard InChI is InChI=1S/C10H19F4NO/c1-3-5-15-6-4-8(2)16-7-10(13,14)9(11)12/h8-9,15H,3-7H2,1-2H3. The molecule has 0 saturated carbocycles. The molecule has 16 heavy (non-hydrogen) atoms. The van der Waals surface area contributed by atoms with E-state index in [0.717, 1.165) is 13.0 Å². The first-order chi connectivity index (χ1) is 7.40. The van der Waals surface area contributed by atoms with Crippen LogP contribution in [0.4, 0.5) is 17.6 Å². The highest BCUT2D eigenvalue weighted by molar-refractivity contribution is 4.69. The largest absolute Gasteiger partial charge is 0.372 e. The highest BCUT2D eigenvalue weighted by atomic mass is 19.3. The second-order valence-corrected chi connectivity index (χ2v) is 3.72. The van der Waals surface area contributed by atoms with Gasteiger partial charge in [0.15, 0.2) is 0 Å². The zero-order valence-electron chi connectivity index (χ0n) is 9.61. The lowest BCUT2D eigenvalue weighted by molar-refractivity contribution is -0.174. The minimum atomic E-state index is -4.05. The molecule has 0 rings (SSSR count). The minimum Gasteiger partial charge on any atom is -0.372 e. The molecule has 0 heterocycles. The molecule has 0 radical (unpaired) electrons. The Labute approximate surface area is 93.3 Å². The van der Waals surface area contributed by atoms with Gasteiger partial charge in [-0.25, -0.2) is 8.78 Å². The lowest BCUT2D eigenvalue weighted by Gasteiger charge is -2.19. The highest BCUT2D eigenvalue weighted by Crippen LogP contribution is 2.23. The molecule has 0 amide bonds. The fourth-order valence-electron chi connectivity index (χ4n) is 1.01. The van der Waals surface area contributed by atoms with Gasteiger partial charge >= 0.3 is 12.3 Å².